The number of rotatable bonds is 3. The van der Waals surface area contributed by atoms with Gasteiger partial charge in [-0.1, -0.05) is 41.4 Å². The third-order valence-electron chi connectivity index (χ3n) is 2.70. The van der Waals surface area contributed by atoms with Gasteiger partial charge in [0.2, 0.25) is 0 Å². The quantitative estimate of drug-likeness (QED) is 0.923. The van der Waals surface area contributed by atoms with E-state index in [0.29, 0.717) is 22.2 Å². The lowest BCUT2D eigenvalue weighted by Crippen LogP contribution is -2.05. The lowest BCUT2D eigenvalue weighted by Gasteiger charge is -2.12. The Labute approximate surface area is 116 Å². The minimum Gasteiger partial charge on any atom is -0.386 e. The third-order valence-corrected chi connectivity index (χ3v) is 3.55. The van der Waals surface area contributed by atoms with E-state index in [0.717, 1.165) is 11.3 Å². The summed E-state index contributed by atoms with van der Waals surface area (Å²) in [6.07, 6.45) is -0.281. The highest BCUT2D eigenvalue weighted by molar-refractivity contribution is 6.42. The van der Waals surface area contributed by atoms with Gasteiger partial charge in [0.1, 0.15) is 6.10 Å². The fourth-order valence-electron chi connectivity index (χ4n) is 1.77. The largest absolute Gasteiger partial charge is 0.386 e. The fraction of sp³-hybridized carbons (Fsp3) is 0.214. The van der Waals surface area contributed by atoms with Crippen molar-refractivity contribution in [2.24, 2.45) is 0 Å². The van der Waals surface area contributed by atoms with Crippen molar-refractivity contribution in [1.29, 1.82) is 0 Å². The van der Waals surface area contributed by atoms with Crippen molar-refractivity contribution in [3.8, 4) is 0 Å². The zero-order valence-corrected chi connectivity index (χ0v) is 11.4. The predicted octanol–water partition coefficient (Wildman–Crippen LogP) is 3.97. The highest BCUT2D eigenvalue weighted by atomic mass is 35.5. The molecule has 1 unspecified atom stereocenters. The Kier molecular flexibility index (Phi) is 4.23. The summed E-state index contributed by atoms with van der Waals surface area (Å²) in [5.41, 5.74) is 2.34. The SMILES string of the molecule is Cc1cccc(C(O)Cc2cccc(Cl)c2Cl)n1. The van der Waals surface area contributed by atoms with E-state index < -0.39 is 6.10 Å². The van der Waals surface area contributed by atoms with Gasteiger partial charge in [-0.05, 0) is 30.7 Å². The number of aliphatic hydroxyl groups excluding tert-OH is 1. The number of nitrogens with zero attached hydrogens (tertiary/aromatic N) is 1. The van der Waals surface area contributed by atoms with Gasteiger partial charge in [-0.3, -0.25) is 4.98 Å². The van der Waals surface area contributed by atoms with Crippen LogP contribution in [0.4, 0.5) is 0 Å². The molecule has 2 nitrogen and oxygen atoms in total. The van der Waals surface area contributed by atoms with Crippen molar-refractivity contribution in [3.63, 3.8) is 0 Å². The lowest BCUT2D eigenvalue weighted by molar-refractivity contribution is 0.173. The second-order valence-corrected chi connectivity index (χ2v) is 4.92. The van der Waals surface area contributed by atoms with Gasteiger partial charge in [0.15, 0.2) is 0 Å². The first-order valence-corrected chi connectivity index (χ1v) is 6.38. The number of hydrogen-bond acceptors (Lipinski definition) is 2. The molecule has 0 aliphatic heterocycles. The molecule has 0 aliphatic carbocycles. The summed E-state index contributed by atoms with van der Waals surface area (Å²) in [6.45, 7) is 1.89. The lowest BCUT2D eigenvalue weighted by atomic mass is 10.0. The summed E-state index contributed by atoms with van der Waals surface area (Å²) in [5.74, 6) is 0. The van der Waals surface area contributed by atoms with Gasteiger partial charge in [0.25, 0.3) is 0 Å². The number of benzene rings is 1. The summed E-state index contributed by atoms with van der Waals surface area (Å²) in [7, 11) is 0. The molecule has 0 fully saturated rings. The molecule has 0 saturated carbocycles. The van der Waals surface area contributed by atoms with E-state index in [1.54, 1.807) is 12.1 Å². The Morgan fingerprint density at radius 2 is 1.89 bits per heavy atom. The maximum absolute atomic E-state index is 10.1. The standard InChI is InChI=1S/C14H13Cl2NO/c1-9-4-2-7-12(17-9)13(18)8-10-5-3-6-11(15)14(10)16/h2-7,13,18H,8H2,1H3. The smallest absolute Gasteiger partial charge is 0.100 e. The summed E-state index contributed by atoms with van der Waals surface area (Å²) < 4.78 is 0. The molecule has 0 aliphatic rings. The molecule has 1 atom stereocenters. The van der Waals surface area contributed by atoms with Crippen LogP contribution >= 0.6 is 23.2 Å². The Bertz CT molecular complexity index is 557. The predicted molar refractivity (Wildman–Crippen MR) is 74.1 cm³/mol. The zero-order chi connectivity index (χ0) is 13.1. The van der Waals surface area contributed by atoms with Gasteiger partial charge in [-0.15, -0.1) is 0 Å². The molecular weight excluding hydrogens is 269 g/mol. The minimum atomic E-state index is -0.680. The van der Waals surface area contributed by atoms with E-state index in [1.165, 1.54) is 0 Å². The molecule has 1 heterocycles. The van der Waals surface area contributed by atoms with Crippen LogP contribution in [-0.4, -0.2) is 10.1 Å². The van der Waals surface area contributed by atoms with Crippen molar-refractivity contribution >= 4 is 23.2 Å². The summed E-state index contributed by atoms with van der Waals surface area (Å²) in [6, 6.07) is 11.0. The summed E-state index contributed by atoms with van der Waals surface area (Å²) in [4.78, 5) is 4.30. The normalized spacial score (nSPS) is 12.4. The van der Waals surface area contributed by atoms with E-state index in [2.05, 4.69) is 4.98 Å². The Morgan fingerprint density at radius 3 is 2.61 bits per heavy atom. The topological polar surface area (TPSA) is 33.1 Å². The van der Waals surface area contributed by atoms with Crippen LogP contribution in [0, 0.1) is 6.92 Å². The Morgan fingerprint density at radius 1 is 1.17 bits per heavy atom. The molecule has 0 bridgehead atoms. The van der Waals surface area contributed by atoms with Crippen molar-refractivity contribution in [2.75, 3.05) is 0 Å². The van der Waals surface area contributed by atoms with Crippen LogP contribution in [0.1, 0.15) is 23.1 Å². The number of pyridine rings is 1. The van der Waals surface area contributed by atoms with Gasteiger partial charge >= 0.3 is 0 Å². The molecule has 2 aromatic rings. The molecule has 2 rings (SSSR count). The highest BCUT2D eigenvalue weighted by Gasteiger charge is 2.13. The first-order valence-electron chi connectivity index (χ1n) is 5.62. The Balaban J connectivity index is 2.21. The van der Waals surface area contributed by atoms with Gasteiger partial charge in [-0.25, -0.2) is 0 Å². The van der Waals surface area contributed by atoms with Crippen molar-refractivity contribution in [1.82, 2.24) is 4.98 Å². The second kappa shape index (κ2) is 5.70. The number of aliphatic hydroxyl groups is 1. The first-order chi connectivity index (χ1) is 8.58. The molecular formula is C14H13Cl2NO. The summed E-state index contributed by atoms with van der Waals surface area (Å²) in [5, 5.41) is 11.1. The van der Waals surface area contributed by atoms with Crippen molar-refractivity contribution < 1.29 is 5.11 Å². The molecule has 1 aromatic carbocycles. The monoisotopic (exact) mass is 281 g/mol. The average Bonchev–Trinajstić information content (AvgIpc) is 2.35. The molecule has 18 heavy (non-hydrogen) atoms. The van der Waals surface area contributed by atoms with Crippen LogP contribution < -0.4 is 0 Å². The summed E-state index contributed by atoms with van der Waals surface area (Å²) >= 11 is 12.0. The zero-order valence-electron chi connectivity index (χ0n) is 9.90. The minimum absolute atomic E-state index is 0.399. The maximum Gasteiger partial charge on any atom is 0.100 e. The van der Waals surface area contributed by atoms with Gasteiger partial charge in [0.05, 0.1) is 15.7 Å². The highest BCUT2D eigenvalue weighted by Crippen LogP contribution is 2.28. The van der Waals surface area contributed by atoms with E-state index in [1.807, 2.05) is 31.2 Å². The van der Waals surface area contributed by atoms with Gasteiger partial charge < -0.3 is 5.11 Å². The Hall–Kier alpha value is -1.09. The van der Waals surface area contributed by atoms with Crippen LogP contribution in [0.15, 0.2) is 36.4 Å². The maximum atomic E-state index is 10.1. The van der Waals surface area contributed by atoms with Crippen LogP contribution in [0.5, 0.6) is 0 Å². The molecule has 0 radical (unpaired) electrons. The molecule has 0 spiro atoms. The van der Waals surface area contributed by atoms with Gasteiger partial charge in [-0.2, -0.15) is 0 Å². The second-order valence-electron chi connectivity index (χ2n) is 4.14. The van der Waals surface area contributed by atoms with Gasteiger partial charge in [0, 0.05) is 12.1 Å². The number of aryl methyl sites for hydroxylation is 1. The molecule has 0 saturated heterocycles. The molecule has 4 heteroatoms. The van der Waals surface area contributed by atoms with Crippen LogP contribution in [0.25, 0.3) is 0 Å². The van der Waals surface area contributed by atoms with E-state index in [4.69, 9.17) is 23.2 Å². The van der Waals surface area contributed by atoms with Crippen molar-refractivity contribution in [2.45, 2.75) is 19.4 Å². The number of halogens is 2. The van der Waals surface area contributed by atoms with Crippen LogP contribution in [0.3, 0.4) is 0 Å². The fourth-order valence-corrected chi connectivity index (χ4v) is 2.17. The molecule has 1 aromatic heterocycles. The van der Waals surface area contributed by atoms with Crippen LogP contribution in [0.2, 0.25) is 10.0 Å². The van der Waals surface area contributed by atoms with Crippen LogP contribution in [-0.2, 0) is 6.42 Å². The average molecular weight is 282 g/mol. The third kappa shape index (κ3) is 3.02. The van der Waals surface area contributed by atoms with E-state index >= 15 is 0 Å². The number of hydrogen-bond donors (Lipinski definition) is 1. The van der Waals surface area contributed by atoms with E-state index in [9.17, 15) is 5.11 Å². The van der Waals surface area contributed by atoms with Crippen molar-refractivity contribution in [3.05, 3.63) is 63.4 Å². The molecule has 1 N–H and O–H groups in total. The molecule has 94 valence electrons. The molecule has 0 amide bonds. The van der Waals surface area contributed by atoms with E-state index in [-0.39, 0.29) is 0 Å². The first kappa shape index (κ1) is 13.3. The number of aromatic nitrogens is 1.